The number of nitrogen functional groups attached to an aromatic ring is 1. The highest BCUT2D eigenvalue weighted by Crippen LogP contribution is 2.31. The van der Waals surface area contributed by atoms with Crippen LogP contribution in [-0.2, 0) is 6.42 Å². The zero-order valence-electron chi connectivity index (χ0n) is 11.8. The van der Waals surface area contributed by atoms with Crippen molar-refractivity contribution in [2.24, 2.45) is 0 Å². The summed E-state index contributed by atoms with van der Waals surface area (Å²) in [7, 11) is 0. The Balaban J connectivity index is 1.81. The third-order valence-corrected chi connectivity index (χ3v) is 3.93. The van der Waals surface area contributed by atoms with E-state index in [0.717, 1.165) is 18.4 Å². The van der Waals surface area contributed by atoms with Gasteiger partial charge in [0.25, 0.3) is 11.6 Å². The summed E-state index contributed by atoms with van der Waals surface area (Å²) in [5.41, 5.74) is 7.93. The number of anilines is 1. The molecule has 1 aliphatic carbocycles. The van der Waals surface area contributed by atoms with Crippen LogP contribution in [0.1, 0.15) is 33.9 Å². The van der Waals surface area contributed by atoms with Gasteiger partial charge in [0.15, 0.2) is 0 Å². The topological polar surface area (TPSA) is 98.3 Å². The molecule has 1 amide bonds. The molecule has 0 aromatic heterocycles. The molecule has 0 radical (unpaired) electrons. The highest BCUT2D eigenvalue weighted by molar-refractivity contribution is 5.96. The van der Waals surface area contributed by atoms with Crippen LogP contribution in [0.2, 0.25) is 0 Å². The molecule has 0 spiro atoms. The third-order valence-electron chi connectivity index (χ3n) is 3.93. The van der Waals surface area contributed by atoms with Gasteiger partial charge in [-0.3, -0.25) is 14.9 Å². The fourth-order valence-electron chi connectivity index (χ4n) is 2.79. The van der Waals surface area contributed by atoms with Crippen molar-refractivity contribution in [1.29, 1.82) is 0 Å². The molecule has 0 bridgehead atoms. The number of benzene rings is 2. The molecule has 1 aliphatic rings. The van der Waals surface area contributed by atoms with Crippen LogP contribution in [0.25, 0.3) is 0 Å². The summed E-state index contributed by atoms with van der Waals surface area (Å²) in [5.74, 6) is -0.329. The zero-order chi connectivity index (χ0) is 15.7. The van der Waals surface area contributed by atoms with E-state index in [2.05, 4.69) is 11.4 Å². The third kappa shape index (κ3) is 2.50. The molecule has 0 saturated carbocycles. The number of nitro groups is 1. The van der Waals surface area contributed by atoms with Crippen LogP contribution in [0.5, 0.6) is 0 Å². The van der Waals surface area contributed by atoms with E-state index in [1.807, 2.05) is 18.2 Å². The average Bonchev–Trinajstić information content (AvgIpc) is 2.90. The number of rotatable bonds is 3. The van der Waals surface area contributed by atoms with Crippen LogP contribution in [0.4, 0.5) is 11.4 Å². The predicted molar refractivity (Wildman–Crippen MR) is 82.5 cm³/mol. The van der Waals surface area contributed by atoms with Crippen LogP contribution in [-0.4, -0.2) is 10.8 Å². The maximum Gasteiger partial charge on any atom is 0.292 e. The summed E-state index contributed by atoms with van der Waals surface area (Å²) in [5, 5.41) is 13.8. The van der Waals surface area contributed by atoms with Gasteiger partial charge in [-0.1, -0.05) is 24.3 Å². The monoisotopic (exact) mass is 297 g/mol. The Morgan fingerprint density at radius 2 is 2.05 bits per heavy atom. The van der Waals surface area contributed by atoms with E-state index < -0.39 is 4.92 Å². The van der Waals surface area contributed by atoms with E-state index in [9.17, 15) is 14.9 Å². The minimum atomic E-state index is -0.586. The first-order chi connectivity index (χ1) is 10.6. The molecule has 0 aliphatic heterocycles. The number of hydrogen-bond acceptors (Lipinski definition) is 4. The Labute approximate surface area is 127 Å². The number of nitro benzene ring substituents is 1. The maximum absolute atomic E-state index is 12.3. The van der Waals surface area contributed by atoms with E-state index in [-0.39, 0.29) is 28.9 Å². The molecule has 3 rings (SSSR count). The molecular formula is C16H15N3O3. The number of amides is 1. The summed E-state index contributed by atoms with van der Waals surface area (Å²) in [6.45, 7) is 0. The second kappa shape index (κ2) is 5.48. The fraction of sp³-hybridized carbons (Fsp3) is 0.188. The average molecular weight is 297 g/mol. The Kier molecular flexibility index (Phi) is 3.50. The van der Waals surface area contributed by atoms with E-state index in [0.29, 0.717) is 0 Å². The first-order valence-corrected chi connectivity index (χ1v) is 6.99. The highest BCUT2D eigenvalue weighted by atomic mass is 16.6. The largest absolute Gasteiger partial charge is 0.393 e. The molecule has 6 nitrogen and oxygen atoms in total. The minimum absolute atomic E-state index is 0.0489. The first-order valence-electron chi connectivity index (χ1n) is 6.99. The van der Waals surface area contributed by atoms with Gasteiger partial charge in [0, 0.05) is 11.6 Å². The number of carbonyl (C=O) groups excluding carboxylic acids is 1. The standard InChI is InChI=1S/C16H15N3O3/c17-13-7-5-11(9-15(13)19(21)22)16(20)18-14-8-6-10-3-1-2-4-12(10)14/h1-5,7,9,14H,6,8,17H2,(H,18,20)/t14-/m1/s1. The number of hydrogen-bond donors (Lipinski definition) is 2. The number of aryl methyl sites for hydroxylation is 1. The molecular weight excluding hydrogens is 282 g/mol. The number of nitrogens with one attached hydrogen (secondary N) is 1. The molecule has 2 aromatic carbocycles. The van der Waals surface area contributed by atoms with E-state index >= 15 is 0 Å². The van der Waals surface area contributed by atoms with E-state index in [4.69, 9.17) is 5.73 Å². The van der Waals surface area contributed by atoms with Gasteiger partial charge in [0.2, 0.25) is 0 Å². The molecule has 0 unspecified atom stereocenters. The van der Waals surface area contributed by atoms with Crippen molar-refractivity contribution in [2.75, 3.05) is 5.73 Å². The van der Waals surface area contributed by atoms with Crippen molar-refractivity contribution in [3.05, 3.63) is 69.3 Å². The van der Waals surface area contributed by atoms with Gasteiger partial charge in [0.1, 0.15) is 5.69 Å². The first kappa shape index (κ1) is 14.1. The second-order valence-corrected chi connectivity index (χ2v) is 5.29. The molecule has 0 heterocycles. The van der Waals surface area contributed by atoms with Crippen molar-refractivity contribution in [3.8, 4) is 0 Å². The van der Waals surface area contributed by atoms with E-state index in [1.165, 1.54) is 23.8 Å². The van der Waals surface area contributed by atoms with Gasteiger partial charge >= 0.3 is 0 Å². The molecule has 0 fully saturated rings. The minimum Gasteiger partial charge on any atom is -0.393 e. The number of nitrogens with two attached hydrogens (primary N) is 1. The number of fused-ring (bicyclic) bond motifs is 1. The van der Waals surface area contributed by atoms with Crippen molar-refractivity contribution >= 4 is 17.3 Å². The van der Waals surface area contributed by atoms with Crippen molar-refractivity contribution in [3.63, 3.8) is 0 Å². The van der Waals surface area contributed by atoms with E-state index in [1.54, 1.807) is 0 Å². The molecule has 3 N–H and O–H groups in total. The summed E-state index contributed by atoms with van der Waals surface area (Å²) in [6, 6.07) is 12.0. The normalized spacial score (nSPS) is 16.1. The van der Waals surface area contributed by atoms with Gasteiger partial charge < -0.3 is 11.1 Å². The Morgan fingerprint density at radius 3 is 2.82 bits per heavy atom. The van der Waals surface area contributed by atoms with Crippen molar-refractivity contribution in [2.45, 2.75) is 18.9 Å². The van der Waals surface area contributed by atoms with Crippen LogP contribution < -0.4 is 11.1 Å². The Morgan fingerprint density at radius 1 is 1.27 bits per heavy atom. The second-order valence-electron chi connectivity index (χ2n) is 5.29. The van der Waals surface area contributed by atoms with Crippen molar-refractivity contribution < 1.29 is 9.72 Å². The fourth-order valence-corrected chi connectivity index (χ4v) is 2.79. The van der Waals surface area contributed by atoms with Crippen molar-refractivity contribution in [1.82, 2.24) is 5.32 Å². The van der Waals surface area contributed by atoms with Gasteiger partial charge in [-0.15, -0.1) is 0 Å². The van der Waals surface area contributed by atoms with Crippen LogP contribution in [0.15, 0.2) is 42.5 Å². The predicted octanol–water partition coefficient (Wildman–Crippen LogP) is 2.59. The summed E-state index contributed by atoms with van der Waals surface area (Å²) in [6.07, 6.45) is 1.76. The highest BCUT2D eigenvalue weighted by Gasteiger charge is 2.24. The number of nitrogens with zero attached hydrogens (tertiary/aromatic N) is 1. The number of carbonyl (C=O) groups is 1. The quantitative estimate of drug-likeness (QED) is 0.517. The van der Waals surface area contributed by atoms with Gasteiger partial charge in [-0.05, 0) is 36.1 Å². The zero-order valence-corrected chi connectivity index (χ0v) is 11.8. The van der Waals surface area contributed by atoms with Gasteiger partial charge in [-0.25, -0.2) is 0 Å². The molecule has 0 saturated heterocycles. The Bertz CT molecular complexity index is 758. The van der Waals surface area contributed by atoms with Crippen LogP contribution >= 0.6 is 0 Å². The lowest BCUT2D eigenvalue weighted by Gasteiger charge is -2.14. The summed E-state index contributed by atoms with van der Waals surface area (Å²) in [4.78, 5) is 22.6. The van der Waals surface area contributed by atoms with Gasteiger partial charge in [-0.2, -0.15) is 0 Å². The molecule has 2 aromatic rings. The summed E-state index contributed by atoms with van der Waals surface area (Å²) < 4.78 is 0. The van der Waals surface area contributed by atoms with Crippen LogP contribution in [0, 0.1) is 10.1 Å². The maximum atomic E-state index is 12.3. The summed E-state index contributed by atoms with van der Waals surface area (Å²) >= 11 is 0. The lowest BCUT2D eigenvalue weighted by molar-refractivity contribution is -0.383. The molecule has 1 atom stereocenters. The van der Waals surface area contributed by atoms with Crippen LogP contribution in [0.3, 0.4) is 0 Å². The molecule has 22 heavy (non-hydrogen) atoms. The Hall–Kier alpha value is -2.89. The lowest BCUT2D eigenvalue weighted by atomic mass is 10.1. The van der Waals surface area contributed by atoms with Gasteiger partial charge in [0.05, 0.1) is 11.0 Å². The SMILES string of the molecule is Nc1ccc(C(=O)N[C@@H]2CCc3ccccc32)cc1[N+](=O)[O-]. The molecule has 112 valence electrons. The molecule has 6 heteroatoms. The lowest BCUT2D eigenvalue weighted by Crippen LogP contribution is -2.27. The smallest absolute Gasteiger partial charge is 0.292 e.